The minimum Gasteiger partial charge on any atom is -0.406 e. The van der Waals surface area contributed by atoms with Crippen LogP contribution in [0.15, 0.2) is 24.3 Å². The Labute approximate surface area is 175 Å². The van der Waals surface area contributed by atoms with Crippen LogP contribution >= 0.6 is 0 Å². The van der Waals surface area contributed by atoms with Crippen LogP contribution in [0.25, 0.3) is 11.3 Å². The quantitative estimate of drug-likeness (QED) is 0.589. The van der Waals surface area contributed by atoms with Crippen LogP contribution in [0.3, 0.4) is 0 Å². The zero-order valence-corrected chi connectivity index (χ0v) is 16.8. The van der Waals surface area contributed by atoms with E-state index in [4.69, 9.17) is 0 Å². The van der Waals surface area contributed by atoms with Crippen molar-refractivity contribution in [1.29, 1.82) is 0 Å². The largest absolute Gasteiger partial charge is 0.573 e. The molecule has 5 nitrogen and oxygen atoms in total. The molecule has 0 saturated heterocycles. The molecule has 2 fully saturated rings. The molecule has 2 aliphatic rings. The highest BCUT2D eigenvalue weighted by atomic mass is 19.4. The van der Waals surface area contributed by atoms with Crippen LogP contribution in [-0.2, 0) is 11.8 Å². The highest BCUT2D eigenvalue weighted by Crippen LogP contribution is 2.46. The van der Waals surface area contributed by atoms with Crippen molar-refractivity contribution in [2.75, 3.05) is 5.32 Å². The summed E-state index contributed by atoms with van der Waals surface area (Å²) in [6.45, 7) is 0. The molecule has 1 aromatic heterocycles. The van der Waals surface area contributed by atoms with Crippen molar-refractivity contribution < 1.29 is 31.5 Å². The summed E-state index contributed by atoms with van der Waals surface area (Å²) >= 11 is 0. The second kappa shape index (κ2) is 7.80. The predicted molar refractivity (Wildman–Crippen MR) is 103 cm³/mol. The summed E-state index contributed by atoms with van der Waals surface area (Å²) in [5.41, 5.74) is 2.17. The molecule has 0 atom stereocenters. The molecule has 0 spiro atoms. The number of amides is 1. The number of anilines is 1. The molecule has 2 saturated carbocycles. The number of alkyl halides is 5. The number of aromatic nitrogens is 2. The third kappa shape index (κ3) is 4.83. The maximum atomic E-state index is 13.0. The molecule has 1 N–H and O–H groups in total. The van der Waals surface area contributed by atoms with Crippen molar-refractivity contribution in [2.45, 2.75) is 56.7 Å². The maximum Gasteiger partial charge on any atom is 0.573 e. The van der Waals surface area contributed by atoms with Crippen LogP contribution in [-0.4, -0.2) is 28.0 Å². The first-order chi connectivity index (χ1) is 14.5. The predicted octanol–water partition coefficient (Wildman–Crippen LogP) is 5.63. The van der Waals surface area contributed by atoms with Crippen LogP contribution in [0.5, 0.6) is 5.75 Å². The van der Waals surface area contributed by atoms with Gasteiger partial charge in [-0.25, -0.2) is 8.78 Å². The van der Waals surface area contributed by atoms with E-state index in [1.165, 1.54) is 24.3 Å². The lowest BCUT2D eigenvalue weighted by Gasteiger charge is -2.34. The van der Waals surface area contributed by atoms with Gasteiger partial charge in [-0.1, -0.05) is 6.42 Å². The van der Waals surface area contributed by atoms with Crippen LogP contribution in [0.4, 0.5) is 27.8 Å². The Bertz CT molecular complexity index is 957. The van der Waals surface area contributed by atoms with Gasteiger partial charge in [-0.15, -0.1) is 13.2 Å². The lowest BCUT2D eigenvalue weighted by molar-refractivity contribution is -0.274. The zero-order valence-electron chi connectivity index (χ0n) is 16.8. The number of nitrogens with zero attached hydrogens (tertiary/aromatic N) is 2. The molecule has 31 heavy (non-hydrogen) atoms. The highest BCUT2D eigenvalue weighted by Gasteiger charge is 2.45. The second-order valence-electron chi connectivity index (χ2n) is 8.32. The fourth-order valence-electron chi connectivity index (χ4n) is 4.25. The van der Waals surface area contributed by atoms with E-state index in [2.05, 4.69) is 15.2 Å². The molecule has 2 aliphatic carbocycles. The molecular formula is C21H22F5N3O2. The monoisotopic (exact) mass is 443 g/mol. The molecule has 1 amide bonds. The summed E-state index contributed by atoms with van der Waals surface area (Å²) in [6.07, 6.45) is -2.48. The van der Waals surface area contributed by atoms with Crippen LogP contribution in [0, 0.1) is 5.92 Å². The van der Waals surface area contributed by atoms with Crippen LogP contribution in [0.2, 0.25) is 0 Å². The lowest BCUT2D eigenvalue weighted by atomic mass is 9.78. The minimum absolute atomic E-state index is 0.00901. The van der Waals surface area contributed by atoms with Gasteiger partial charge in [0.15, 0.2) is 5.82 Å². The summed E-state index contributed by atoms with van der Waals surface area (Å²) < 4.78 is 68.8. The molecule has 4 rings (SSSR count). The molecule has 0 aliphatic heterocycles. The topological polar surface area (TPSA) is 56.2 Å². The van der Waals surface area contributed by atoms with E-state index in [0.717, 1.165) is 24.8 Å². The fraction of sp³-hybridized carbons (Fsp3) is 0.524. The van der Waals surface area contributed by atoms with Crippen molar-refractivity contribution in [3.63, 3.8) is 0 Å². The van der Waals surface area contributed by atoms with E-state index in [0.29, 0.717) is 17.1 Å². The third-order valence-electron chi connectivity index (χ3n) is 5.87. The van der Waals surface area contributed by atoms with E-state index in [9.17, 15) is 26.7 Å². The molecule has 10 heteroatoms. The van der Waals surface area contributed by atoms with Crippen molar-refractivity contribution in [3.05, 3.63) is 29.8 Å². The summed E-state index contributed by atoms with van der Waals surface area (Å²) in [5.74, 6) is -3.16. The van der Waals surface area contributed by atoms with E-state index in [1.807, 2.05) is 0 Å². The standard InChI is InChI=1S/C21H22F5N3O2/c1-29-18(14-5-7-15(8-6-14)31-21(24,25)26)17(13-3-2-4-13)19(28-29)27-16(30)9-12-10-20(22,23)11-12/h5-8,12-13H,2-4,9-11H2,1H3,(H,27,28,30). The number of halogens is 5. The Hall–Kier alpha value is -2.65. The van der Waals surface area contributed by atoms with Gasteiger partial charge in [0, 0.05) is 37.4 Å². The molecular weight excluding hydrogens is 421 g/mol. The van der Waals surface area contributed by atoms with Gasteiger partial charge < -0.3 is 10.1 Å². The average Bonchev–Trinajstić information content (AvgIpc) is 2.87. The van der Waals surface area contributed by atoms with Gasteiger partial charge in [0.2, 0.25) is 11.8 Å². The first kappa shape index (κ1) is 21.6. The summed E-state index contributed by atoms with van der Waals surface area (Å²) in [5, 5.41) is 7.19. The van der Waals surface area contributed by atoms with Gasteiger partial charge in [-0.05, 0) is 48.9 Å². The zero-order chi connectivity index (χ0) is 22.4. The Kier molecular flexibility index (Phi) is 5.43. The van der Waals surface area contributed by atoms with Gasteiger partial charge in [0.05, 0.1) is 5.69 Å². The summed E-state index contributed by atoms with van der Waals surface area (Å²) in [6, 6.07) is 5.50. The maximum absolute atomic E-state index is 13.0. The van der Waals surface area contributed by atoms with E-state index in [1.54, 1.807) is 11.7 Å². The SMILES string of the molecule is Cn1nc(NC(=O)CC2CC(F)(F)C2)c(C2CCC2)c1-c1ccc(OC(F)(F)F)cc1. The number of carbonyl (C=O) groups excluding carboxylic acids is 1. The van der Waals surface area contributed by atoms with Crippen molar-refractivity contribution in [2.24, 2.45) is 13.0 Å². The van der Waals surface area contributed by atoms with E-state index in [-0.39, 0.29) is 42.8 Å². The lowest BCUT2D eigenvalue weighted by Crippen LogP contribution is -2.37. The van der Waals surface area contributed by atoms with Crippen molar-refractivity contribution in [1.82, 2.24) is 9.78 Å². The van der Waals surface area contributed by atoms with Gasteiger partial charge in [-0.2, -0.15) is 5.10 Å². The Morgan fingerprint density at radius 2 is 1.87 bits per heavy atom. The van der Waals surface area contributed by atoms with Gasteiger partial charge in [-0.3, -0.25) is 9.48 Å². The number of hydrogen-bond acceptors (Lipinski definition) is 3. The third-order valence-corrected chi connectivity index (χ3v) is 5.87. The van der Waals surface area contributed by atoms with Gasteiger partial charge in [0.1, 0.15) is 5.75 Å². The molecule has 0 unspecified atom stereocenters. The number of ether oxygens (including phenoxy) is 1. The van der Waals surface area contributed by atoms with E-state index < -0.39 is 12.3 Å². The highest BCUT2D eigenvalue weighted by molar-refractivity contribution is 5.92. The Morgan fingerprint density at radius 1 is 1.23 bits per heavy atom. The number of carbonyl (C=O) groups is 1. The van der Waals surface area contributed by atoms with Crippen LogP contribution < -0.4 is 10.1 Å². The number of rotatable bonds is 6. The number of benzene rings is 1. The first-order valence-electron chi connectivity index (χ1n) is 10.1. The Morgan fingerprint density at radius 3 is 2.39 bits per heavy atom. The smallest absolute Gasteiger partial charge is 0.406 e. The van der Waals surface area contributed by atoms with Gasteiger partial charge in [0.25, 0.3) is 0 Å². The molecule has 0 bridgehead atoms. The molecule has 2 aromatic rings. The van der Waals surface area contributed by atoms with E-state index >= 15 is 0 Å². The normalized spacial score (nSPS) is 18.9. The molecule has 1 heterocycles. The number of aryl methyl sites for hydroxylation is 1. The first-order valence-corrected chi connectivity index (χ1v) is 10.1. The number of nitrogens with one attached hydrogen (secondary N) is 1. The summed E-state index contributed by atoms with van der Waals surface area (Å²) in [4.78, 5) is 12.4. The second-order valence-corrected chi connectivity index (χ2v) is 8.32. The fourth-order valence-corrected chi connectivity index (χ4v) is 4.25. The number of hydrogen-bond donors (Lipinski definition) is 1. The molecule has 0 radical (unpaired) electrons. The van der Waals surface area contributed by atoms with Crippen LogP contribution in [0.1, 0.15) is 50.0 Å². The van der Waals surface area contributed by atoms with Crippen molar-refractivity contribution >= 4 is 11.7 Å². The molecule has 1 aromatic carbocycles. The summed E-state index contributed by atoms with van der Waals surface area (Å²) in [7, 11) is 1.69. The molecule has 168 valence electrons. The minimum atomic E-state index is -4.77. The average molecular weight is 443 g/mol. The van der Waals surface area contributed by atoms with Gasteiger partial charge >= 0.3 is 6.36 Å². The Balaban J connectivity index is 1.56. The van der Waals surface area contributed by atoms with Crippen molar-refractivity contribution in [3.8, 4) is 17.0 Å².